The van der Waals surface area contributed by atoms with Gasteiger partial charge in [-0.3, -0.25) is 14.7 Å². The van der Waals surface area contributed by atoms with Crippen LogP contribution in [0.3, 0.4) is 0 Å². The summed E-state index contributed by atoms with van der Waals surface area (Å²) in [4.78, 5) is 44.8. The van der Waals surface area contributed by atoms with Crippen LogP contribution in [0.4, 0.5) is 23.4 Å². The van der Waals surface area contributed by atoms with Crippen molar-refractivity contribution in [1.29, 1.82) is 0 Å². The zero-order valence-electron chi connectivity index (χ0n) is 29.5. The summed E-state index contributed by atoms with van der Waals surface area (Å²) in [5.41, 5.74) is -0.727. The van der Waals surface area contributed by atoms with Crippen LogP contribution in [-0.2, 0) is 4.79 Å². The molecule has 5 aromatic rings. The molecule has 0 bridgehead atoms. The molecule has 1 amide bonds. The van der Waals surface area contributed by atoms with Gasteiger partial charge in [0.25, 0.3) is 0 Å². The van der Waals surface area contributed by atoms with E-state index in [4.69, 9.17) is 9.72 Å². The van der Waals surface area contributed by atoms with Gasteiger partial charge in [-0.15, -0.1) is 0 Å². The third kappa shape index (κ3) is 6.51. The van der Waals surface area contributed by atoms with Crippen LogP contribution in [-0.4, -0.2) is 104 Å². The van der Waals surface area contributed by atoms with Crippen LogP contribution in [0.25, 0.3) is 39.0 Å². The number of carbonyl (C=O) groups is 1. The molecule has 0 N–H and O–H groups in total. The van der Waals surface area contributed by atoms with E-state index in [1.54, 1.807) is 44.0 Å². The van der Waals surface area contributed by atoms with Crippen molar-refractivity contribution >= 4 is 39.5 Å². The van der Waals surface area contributed by atoms with E-state index < -0.39 is 29.2 Å². The number of benzene rings is 2. The van der Waals surface area contributed by atoms with Gasteiger partial charge in [0.2, 0.25) is 5.91 Å². The van der Waals surface area contributed by atoms with Crippen LogP contribution < -0.4 is 9.64 Å². The highest BCUT2D eigenvalue weighted by atomic mass is 19.2. The number of pyridine rings is 1. The lowest BCUT2D eigenvalue weighted by Crippen LogP contribution is -2.53. The van der Waals surface area contributed by atoms with E-state index in [9.17, 15) is 13.6 Å². The highest BCUT2D eigenvalue weighted by Gasteiger charge is 2.49. The van der Waals surface area contributed by atoms with Gasteiger partial charge in [-0.05, 0) is 50.8 Å². The number of anilines is 1. The second-order valence-corrected chi connectivity index (χ2v) is 14.3. The fraction of sp³-hybridized carbons (Fsp3) is 0.395. The second kappa shape index (κ2) is 13.6. The fourth-order valence-electron chi connectivity index (χ4n) is 8.03. The molecule has 3 aromatic heterocycles. The molecule has 2 atom stereocenters. The van der Waals surface area contributed by atoms with Crippen LogP contribution in [0.15, 0.2) is 42.6 Å². The lowest BCUT2D eigenvalue weighted by Gasteiger charge is -2.40. The maximum absolute atomic E-state index is 16.7. The van der Waals surface area contributed by atoms with E-state index >= 15 is 8.78 Å². The highest BCUT2D eigenvalue weighted by molar-refractivity contribution is 5.99. The van der Waals surface area contributed by atoms with E-state index in [1.807, 2.05) is 4.90 Å². The number of aromatic nitrogens is 6. The van der Waals surface area contributed by atoms with E-state index in [0.29, 0.717) is 61.3 Å². The summed E-state index contributed by atoms with van der Waals surface area (Å²) in [5.74, 6) is -1.21. The average molecular weight is 728 g/mol. The van der Waals surface area contributed by atoms with Crippen molar-refractivity contribution in [2.24, 2.45) is 5.92 Å². The molecular weight excluding hydrogens is 690 g/mol. The van der Waals surface area contributed by atoms with Gasteiger partial charge >= 0.3 is 6.01 Å². The Labute approximate surface area is 302 Å². The van der Waals surface area contributed by atoms with Gasteiger partial charge in [0.15, 0.2) is 23.3 Å². The van der Waals surface area contributed by atoms with Crippen LogP contribution in [0.2, 0.25) is 0 Å². The summed E-state index contributed by atoms with van der Waals surface area (Å²) in [6, 6.07) is 7.08. The Morgan fingerprint density at radius 1 is 1.02 bits per heavy atom. The molecule has 274 valence electrons. The van der Waals surface area contributed by atoms with Gasteiger partial charge in [0.1, 0.15) is 41.5 Å². The first-order valence-electron chi connectivity index (χ1n) is 17.6. The number of hydrogen-bond donors (Lipinski definition) is 0. The Hall–Kier alpha value is -5.31. The van der Waals surface area contributed by atoms with Crippen molar-refractivity contribution in [3.63, 3.8) is 0 Å². The number of hydrogen-bond acceptors (Lipinski definition) is 10. The summed E-state index contributed by atoms with van der Waals surface area (Å²) < 4.78 is 66.9. The number of nitrogens with zero attached hydrogens (tertiary/aromatic N) is 9. The standard InChI is InChI=1S/C38H37F4N9O2/c1-21-44-22(2)46-29(45-21)10-11-30(52)50-17-23(18-50)16-49(3)36-27-15-43-34(26-7-4-6-24-8-9-28(40)32(41)31(24)26)33(42)35(27)47-37(48-36)53-20-38-12-5-13-51(38)19-25(39)14-38/h4,6-11,15,23,25H,5,12-14,16-20H2,1-3H3/b11-10+/t25-,38+/m1/s1. The van der Waals surface area contributed by atoms with Crippen LogP contribution in [0, 0.1) is 37.2 Å². The molecule has 3 aliphatic heterocycles. The predicted octanol–water partition coefficient (Wildman–Crippen LogP) is 5.63. The number of rotatable bonds is 9. The Bertz CT molecular complexity index is 2260. The van der Waals surface area contributed by atoms with Gasteiger partial charge in [0, 0.05) is 68.8 Å². The molecule has 3 fully saturated rings. The zero-order chi connectivity index (χ0) is 37.0. The van der Waals surface area contributed by atoms with Gasteiger partial charge in [-0.2, -0.15) is 9.97 Å². The quantitative estimate of drug-likeness (QED) is 0.140. The minimum atomic E-state index is -1.10. The average Bonchev–Trinajstić information content (AvgIpc) is 3.64. The lowest BCUT2D eigenvalue weighted by molar-refractivity contribution is -0.131. The Morgan fingerprint density at radius 2 is 1.81 bits per heavy atom. The molecule has 0 spiro atoms. The van der Waals surface area contributed by atoms with Gasteiger partial charge in [0.05, 0.1) is 10.9 Å². The zero-order valence-corrected chi connectivity index (χ0v) is 29.5. The minimum absolute atomic E-state index is 0.0735. The first kappa shape index (κ1) is 34.8. The van der Waals surface area contributed by atoms with E-state index in [2.05, 4.69) is 29.8 Å². The molecule has 0 radical (unpaired) electrons. The van der Waals surface area contributed by atoms with E-state index in [0.717, 1.165) is 25.5 Å². The monoisotopic (exact) mass is 727 g/mol. The summed E-state index contributed by atoms with van der Waals surface area (Å²) in [5, 5.41) is 0.579. The van der Waals surface area contributed by atoms with Crippen LogP contribution >= 0.6 is 0 Å². The smallest absolute Gasteiger partial charge is 0.319 e. The van der Waals surface area contributed by atoms with Gasteiger partial charge in [-0.1, -0.05) is 24.3 Å². The summed E-state index contributed by atoms with van der Waals surface area (Å²) in [6.07, 6.45) is 5.49. The summed E-state index contributed by atoms with van der Waals surface area (Å²) in [6.45, 7) is 6.20. The number of aryl methyl sites for hydroxylation is 2. The molecule has 6 heterocycles. The molecule has 3 saturated heterocycles. The molecule has 2 aromatic carbocycles. The second-order valence-electron chi connectivity index (χ2n) is 14.3. The fourth-order valence-corrected chi connectivity index (χ4v) is 8.03. The summed E-state index contributed by atoms with van der Waals surface area (Å²) >= 11 is 0. The van der Waals surface area contributed by atoms with Crippen molar-refractivity contribution in [3.05, 3.63) is 77.5 Å². The van der Waals surface area contributed by atoms with E-state index in [-0.39, 0.29) is 52.0 Å². The predicted molar refractivity (Wildman–Crippen MR) is 190 cm³/mol. The number of fused-ring (bicyclic) bond motifs is 3. The Morgan fingerprint density at radius 3 is 2.60 bits per heavy atom. The molecule has 11 nitrogen and oxygen atoms in total. The first-order chi connectivity index (χ1) is 25.5. The molecule has 15 heteroatoms. The third-order valence-corrected chi connectivity index (χ3v) is 10.5. The number of carbonyl (C=O) groups excluding carboxylic acids is 1. The first-order valence-corrected chi connectivity index (χ1v) is 17.6. The van der Waals surface area contributed by atoms with Crippen molar-refractivity contribution in [3.8, 4) is 17.3 Å². The van der Waals surface area contributed by atoms with Crippen molar-refractivity contribution in [2.75, 3.05) is 51.3 Å². The SMILES string of the molecule is Cc1nc(C)nc(/C=C/C(=O)N2CC(CN(C)c3nc(OC[C@@]45CCCN4C[C@H](F)C5)nc4c(F)c(-c5cccc6ccc(F)c(F)c56)ncc34)C2)n1. The number of halogens is 4. The third-order valence-electron chi connectivity index (χ3n) is 10.5. The van der Waals surface area contributed by atoms with Gasteiger partial charge < -0.3 is 14.5 Å². The maximum Gasteiger partial charge on any atom is 0.319 e. The van der Waals surface area contributed by atoms with Crippen LogP contribution in [0.5, 0.6) is 6.01 Å². The molecule has 0 aliphatic carbocycles. The molecule has 3 aliphatic rings. The Kier molecular flexibility index (Phi) is 8.91. The lowest BCUT2D eigenvalue weighted by atomic mass is 9.95. The molecule has 53 heavy (non-hydrogen) atoms. The minimum Gasteiger partial charge on any atom is -0.461 e. The molecule has 0 unspecified atom stereocenters. The molecular formula is C38H37F4N9O2. The molecule has 0 saturated carbocycles. The van der Waals surface area contributed by atoms with E-state index in [1.165, 1.54) is 24.4 Å². The van der Waals surface area contributed by atoms with Crippen molar-refractivity contribution in [2.45, 2.75) is 44.8 Å². The summed E-state index contributed by atoms with van der Waals surface area (Å²) in [7, 11) is 1.80. The van der Waals surface area contributed by atoms with Crippen molar-refractivity contribution < 1.29 is 27.1 Å². The topological polar surface area (TPSA) is 113 Å². The molecule has 8 rings (SSSR count). The Balaban J connectivity index is 1.08. The number of likely N-dealkylation sites (tertiary alicyclic amines) is 1. The highest BCUT2D eigenvalue weighted by Crippen LogP contribution is 2.41. The van der Waals surface area contributed by atoms with Gasteiger partial charge in [-0.25, -0.2) is 32.5 Å². The largest absolute Gasteiger partial charge is 0.461 e. The normalized spacial score (nSPS) is 20.4. The van der Waals surface area contributed by atoms with Crippen molar-refractivity contribution in [1.82, 2.24) is 39.7 Å². The maximum atomic E-state index is 16.7. The van der Waals surface area contributed by atoms with Crippen LogP contribution in [0.1, 0.15) is 36.7 Å². The number of alkyl halides is 1. The number of amides is 1. The number of ether oxygens (including phenoxy) is 1.